The Morgan fingerprint density at radius 3 is 3.00 bits per heavy atom. The van der Waals surface area contributed by atoms with E-state index in [4.69, 9.17) is 9.47 Å². The molecule has 3 heterocycles. The van der Waals surface area contributed by atoms with Crippen LogP contribution in [0, 0.1) is 0 Å². The number of aryl methyl sites for hydroxylation is 1. The number of fused-ring (bicyclic) bond motifs is 4. The monoisotopic (exact) mass is 411 g/mol. The number of thiazole rings is 1. The topological polar surface area (TPSA) is 105 Å². The van der Waals surface area contributed by atoms with Crippen LogP contribution in [-0.2, 0) is 22.3 Å². The summed E-state index contributed by atoms with van der Waals surface area (Å²) < 4.78 is 12.2. The molecule has 1 atom stereocenters. The zero-order valence-corrected chi connectivity index (χ0v) is 17.0. The molecule has 0 amide bonds. The summed E-state index contributed by atoms with van der Waals surface area (Å²) in [6, 6.07) is 5.78. The lowest BCUT2D eigenvalue weighted by molar-refractivity contribution is -0.0721. The lowest BCUT2D eigenvalue weighted by Gasteiger charge is -2.35. The van der Waals surface area contributed by atoms with Crippen LogP contribution in [0.4, 0.5) is 11.5 Å². The predicted molar refractivity (Wildman–Crippen MR) is 113 cm³/mol. The zero-order chi connectivity index (χ0) is 20.0. The largest absolute Gasteiger partial charge is 0.382 e. The highest BCUT2D eigenvalue weighted by Gasteiger charge is 2.37. The molecule has 1 aliphatic rings. The summed E-state index contributed by atoms with van der Waals surface area (Å²) in [4.78, 5) is 26.8. The van der Waals surface area contributed by atoms with Crippen LogP contribution in [0.3, 0.4) is 0 Å². The van der Waals surface area contributed by atoms with E-state index < -0.39 is 0 Å². The molecule has 0 saturated heterocycles. The second-order valence-corrected chi connectivity index (χ2v) is 8.39. The van der Waals surface area contributed by atoms with E-state index in [0.29, 0.717) is 6.61 Å². The second kappa shape index (κ2) is 6.94. The van der Waals surface area contributed by atoms with E-state index in [9.17, 15) is 4.79 Å². The molecule has 8 nitrogen and oxygen atoms in total. The summed E-state index contributed by atoms with van der Waals surface area (Å²) in [7, 11) is 3.44. The molecule has 0 radical (unpaired) electrons. The lowest BCUT2D eigenvalue weighted by atomic mass is 9.83. The first-order valence-electron chi connectivity index (χ1n) is 9.39. The minimum Gasteiger partial charge on any atom is -0.382 e. The van der Waals surface area contributed by atoms with E-state index in [1.54, 1.807) is 20.5 Å². The average molecular weight is 411 g/mol. The fourth-order valence-electron chi connectivity index (χ4n) is 4.18. The van der Waals surface area contributed by atoms with E-state index in [1.165, 1.54) is 22.6 Å². The number of H-pyrrole nitrogens is 2. The van der Waals surface area contributed by atoms with Crippen molar-refractivity contribution in [3.05, 3.63) is 45.5 Å². The van der Waals surface area contributed by atoms with Gasteiger partial charge in [-0.05, 0) is 36.6 Å². The zero-order valence-electron chi connectivity index (χ0n) is 16.2. The molecule has 0 bridgehead atoms. The smallest absolute Gasteiger partial charge is 0.305 e. The number of benzene rings is 1. The highest BCUT2D eigenvalue weighted by molar-refractivity contribution is 7.16. The van der Waals surface area contributed by atoms with Crippen molar-refractivity contribution < 1.29 is 9.47 Å². The Kier molecular flexibility index (Phi) is 4.38. The van der Waals surface area contributed by atoms with Gasteiger partial charge in [0.2, 0.25) is 0 Å². The molecule has 1 aliphatic carbocycles. The van der Waals surface area contributed by atoms with Gasteiger partial charge in [0.25, 0.3) is 0 Å². The van der Waals surface area contributed by atoms with Gasteiger partial charge in [-0.25, -0.2) is 9.97 Å². The Labute approximate surface area is 170 Å². The van der Waals surface area contributed by atoms with E-state index in [0.717, 1.165) is 52.0 Å². The molecule has 0 spiro atoms. The van der Waals surface area contributed by atoms with Crippen LogP contribution in [0.2, 0.25) is 0 Å². The van der Waals surface area contributed by atoms with Crippen molar-refractivity contribution in [2.45, 2.75) is 24.9 Å². The minimum atomic E-state index is -0.347. The molecular weight excluding hydrogens is 390 g/mol. The first kappa shape index (κ1) is 18.3. The molecule has 0 saturated carbocycles. The number of hydrogen-bond acceptors (Lipinski definition) is 7. The van der Waals surface area contributed by atoms with Crippen molar-refractivity contribution in [3.8, 4) is 0 Å². The van der Waals surface area contributed by atoms with Gasteiger partial charge >= 0.3 is 4.87 Å². The van der Waals surface area contributed by atoms with E-state index >= 15 is 0 Å². The molecule has 1 unspecified atom stereocenters. The van der Waals surface area contributed by atoms with Crippen molar-refractivity contribution in [1.82, 2.24) is 19.9 Å². The van der Waals surface area contributed by atoms with Gasteiger partial charge in [0.05, 0.1) is 27.8 Å². The van der Waals surface area contributed by atoms with Gasteiger partial charge in [0.1, 0.15) is 17.8 Å². The Balaban J connectivity index is 1.58. The predicted octanol–water partition coefficient (Wildman–Crippen LogP) is 3.12. The Hall–Kier alpha value is -2.75. The molecule has 1 aromatic carbocycles. The Morgan fingerprint density at radius 2 is 2.17 bits per heavy atom. The third kappa shape index (κ3) is 3.11. The van der Waals surface area contributed by atoms with Gasteiger partial charge in [-0.3, -0.25) is 4.79 Å². The average Bonchev–Trinajstić information content (AvgIpc) is 3.27. The number of anilines is 2. The molecular formula is C20H21N5O3S. The molecule has 4 aromatic rings. The third-order valence-electron chi connectivity index (χ3n) is 5.64. The van der Waals surface area contributed by atoms with Gasteiger partial charge in [0, 0.05) is 32.0 Å². The number of nitrogens with one attached hydrogen (secondary N) is 3. The van der Waals surface area contributed by atoms with Crippen LogP contribution in [0.1, 0.15) is 17.7 Å². The normalized spacial score (nSPS) is 19.0. The van der Waals surface area contributed by atoms with Crippen LogP contribution in [0.25, 0.3) is 21.3 Å². The van der Waals surface area contributed by atoms with Gasteiger partial charge in [-0.15, -0.1) is 0 Å². The number of nitrogens with zero attached hydrogens (tertiary/aromatic N) is 2. The summed E-state index contributed by atoms with van der Waals surface area (Å²) in [6.45, 7) is 0.537. The third-order valence-corrected chi connectivity index (χ3v) is 6.48. The Morgan fingerprint density at radius 1 is 1.28 bits per heavy atom. The molecule has 9 heteroatoms. The van der Waals surface area contributed by atoms with Crippen LogP contribution in [0.15, 0.2) is 29.3 Å². The summed E-state index contributed by atoms with van der Waals surface area (Å²) >= 11 is 1.19. The Bertz CT molecular complexity index is 1260. The second-order valence-electron chi connectivity index (χ2n) is 7.38. The van der Waals surface area contributed by atoms with Gasteiger partial charge < -0.3 is 24.8 Å². The molecule has 0 aliphatic heterocycles. The molecule has 3 aromatic heterocycles. The fourth-order valence-corrected chi connectivity index (χ4v) is 4.96. The standard InChI is InChI=1S/C20H21N5O3S/c1-27-9-20(28-2)6-5-13-12(8-20)16-17(21-10-22-18(16)24-13)23-11-3-4-14-15(7-11)29-19(26)25-14/h3-4,7,10H,5-6,8-9H2,1-2H3,(H,25,26)(H2,21,22,23,24). The number of hydrogen-bond donors (Lipinski definition) is 3. The summed E-state index contributed by atoms with van der Waals surface area (Å²) in [5.41, 5.74) is 4.51. The number of aromatic amines is 2. The molecule has 3 N–H and O–H groups in total. The first-order chi connectivity index (χ1) is 14.1. The number of rotatable bonds is 5. The fraction of sp³-hybridized carbons (Fsp3) is 0.350. The molecule has 5 rings (SSSR count). The van der Waals surface area contributed by atoms with Crippen molar-refractivity contribution in [3.63, 3.8) is 0 Å². The van der Waals surface area contributed by atoms with Crippen molar-refractivity contribution in [2.24, 2.45) is 0 Å². The first-order valence-corrected chi connectivity index (χ1v) is 10.2. The highest BCUT2D eigenvalue weighted by atomic mass is 32.1. The van der Waals surface area contributed by atoms with Gasteiger partial charge in [0.15, 0.2) is 0 Å². The molecule has 150 valence electrons. The van der Waals surface area contributed by atoms with E-state index in [-0.39, 0.29) is 10.5 Å². The number of methoxy groups -OCH3 is 2. The summed E-state index contributed by atoms with van der Waals surface area (Å²) in [5.74, 6) is 0.735. The van der Waals surface area contributed by atoms with Gasteiger partial charge in [-0.1, -0.05) is 11.3 Å². The van der Waals surface area contributed by atoms with Crippen LogP contribution < -0.4 is 10.2 Å². The minimum absolute atomic E-state index is 0.0599. The summed E-state index contributed by atoms with van der Waals surface area (Å²) in [5, 5.41) is 4.38. The maximum absolute atomic E-state index is 11.6. The maximum atomic E-state index is 11.6. The summed E-state index contributed by atoms with van der Waals surface area (Å²) in [6.07, 6.45) is 4.04. The van der Waals surface area contributed by atoms with Crippen molar-refractivity contribution >= 4 is 44.1 Å². The lowest BCUT2D eigenvalue weighted by Crippen LogP contribution is -2.42. The van der Waals surface area contributed by atoms with Crippen LogP contribution in [-0.4, -0.2) is 46.4 Å². The van der Waals surface area contributed by atoms with Crippen molar-refractivity contribution in [2.75, 3.05) is 26.1 Å². The van der Waals surface area contributed by atoms with Crippen LogP contribution >= 0.6 is 11.3 Å². The number of aromatic nitrogens is 4. The highest BCUT2D eigenvalue weighted by Crippen LogP contribution is 2.38. The quantitative estimate of drug-likeness (QED) is 0.466. The molecule has 29 heavy (non-hydrogen) atoms. The number of ether oxygens (including phenoxy) is 2. The maximum Gasteiger partial charge on any atom is 0.305 e. The SMILES string of the molecule is COCC1(OC)CCc2[nH]c3ncnc(Nc4ccc5[nH]c(=O)sc5c4)c3c2C1. The van der Waals surface area contributed by atoms with Gasteiger partial charge in [-0.2, -0.15) is 0 Å². The van der Waals surface area contributed by atoms with E-state index in [1.807, 2.05) is 18.2 Å². The van der Waals surface area contributed by atoms with Crippen LogP contribution in [0.5, 0.6) is 0 Å². The van der Waals surface area contributed by atoms with E-state index in [2.05, 4.69) is 25.3 Å². The molecule has 0 fully saturated rings. The van der Waals surface area contributed by atoms with Crippen molar-refractivity contribution in [1.29, 1.82) is 0 Å².